The lowest BCUT2D eigenvalue weighted by molar-refractivity contribution is 0.540. The van der Waals surface area contributed by atoms with Crippen molar-refractivity contribution in [1.29, 1.82) is 0 Å². The number of hydrogen-bond acceptors (Lipinski definition) is 4. The molecule has 0 spiro atoms. The third kappa shape index (κ3) is 4.70. The highest BCUT2D eigenvalue weighted by Crippen LogP contribution is 2.24. The summed E-state index contributed by atoms with van der Waals surface area (Å²) < 4.78 is 41.3. The van der Waals surface area contributed by atoms with Gasteiger partial charge in [0, 0.05) is 23.1 Å². The van der Waals surface area contributed by atoms with Gasteiger partial charge in [-0.1, -0.05) is 22.9 Å². The van der Waals surface area contributed by atoms with Crippen molar-refractivity contribution in [3.8, 4) is 0 Å². The van der Waals surface area contributed by atoms with Crippen molar-refractivity contribution < 1.29 is 12.8 Å². The van der Waals surface area contributed by atoms with E-state index < -0.39 is 15.8 Å². The van der Waals surface area contributed by atoms with Crippen LogP contribution in [0.1, 0.15) is 12.5 Å². The molecule has 0 saturated heterocycles. The van der Waals surface area contributed by atoms with Crippen LogP contribution in [0.4, 0.5) is 4.39 Å². The summed E-state index contributed by atoms with van der Waals surface area (Å²) in [4.78, 5) is -0.372. The van der Waals surface area contributed by atoms with E-state index in [-0.39, 0.29) is 29.5 Å². The van der Waals surface area contributed by atoms with Gasteiger partial charge in [-0.25, -0.2) is 17.5 Å². The van der Waals surface area contributed by atoms with Crippen LogP contribution in [0.5, 0.6) is 0 Å². The Kier molecular flexibility index (Phi) is 6.93. The molecule has 20 heavy (non-hydrogen) atoms. The molecule has 0 amide bonds. The Morgan fingerprint density at radius 3 is 2.70 bits per heavy atom. The van der Waals surface area contributed by atoms with Gasteiger partial charge in [0.1, 0.15) is 10.7 Å². The van der Waals surface area contributed by atoms with Crippen LogP contribution >= 0.6 is 27.7 Å². The van der Waals surface area contributed by atoms with E-state index in [1.165, 1.54) is 12.1 Å². The monoisotopic (exact) mass is 384 g/mol. The molecule has 1 aromatic carbocycles. The molecule has 0 radical (unpaired) electrons. The molecule has 0 fully saturated rings. The van der Waals surface area contributed by atoms with Crippen molar-refractivity contribution in [2.75, 3.05) is 18.6 Å². The van der Waals surface area contributed by atoms with Gasteiger partial charge in [0.2, 0.25) is 10.0 Å². The van der Waals surface area contributed by atoms with Gasteiger partial charge in [-0.3, -0.25) is 0 Å². The van der Waals surface area contributed by atoms with Gasteiger partial charge in [-0.05, 0) is 30.1 Å². The first-order valence-electron chi connectivity index (χ1n) is 5.98. The van der Waals surface area contributed by atoms with Gasteiger partial charge in [0.15, 0.2) is 0 Å². The van der Waals surface area contributed by atoms with E-state index >= 15 is 0 Å². The van der Waals surface area contributed by atoms with E-state index in [2.05, 4.69) is 20.7 Å². The first-order valence-corrected chi connectivity index (χ1v) is 9.65. The van der Waals surface area contributed by atoms with Crippen molar-refractivity contribution >= 4 is 37.7 Å². The van der Waals surface area contributed by atoms with Crippen LogP contribution in [-0.2, 0) is 16.6 Å². The fourth-order valence-corrected chi connectivity index (χ4v) is 4.29. The number of benzene rings is 1. The van der Waals surface area contributed by atoms with Crippen LogP contribution in [0, 0.1) is 11.7 Å². The largest absolute Gasteiger partial charge is 0.326 e. The number of sulfonamides is 1. The molecule has 1 atom stereocenters. The van der Waals surface area contributed by atoms with E-state index in [0.717, 1.165) is 5.75 Å². The predicted molar refractivity (Wildman–Crippen MR) is 84.7 cm³/mol. The second-order valence-electron chi connectivity index (χ2n) is 4.49. The molecule has 8 heteroatoms. The summed E-state index contributed by atoms with van der Waals surface area (Å²) >= 11 is 4.80. The maximum absolute atomic E-state index is 14.1. The molecular weight excluding hydrogens is 367 g/mol. The van der Waals surface area contributed by atoms with Crippen molar-refractivity contribution in [3.63, 3.8) is 0 Å². The number of nitrogens with two attached hydrogens (primary N) is 1. The summed E-state index contributed by atoms with van der Waals surface area (Å²) in [6, 6.07) is 2.72. The average molecular weight is 385 g/mol. The molecule has 0 aliphatic rings. The maximum atomic E-state index is 14.1. The smallest absolute Gasteiger partial charge is 0.243 e. The Bertz CT molecular complexity index is 567. The molecule has 114 valence electrons. The highest BCUT2D eigenvalue weighted by atomic mass is 79.9. The van der Waals surface area contributed by atoms with Gasteiger partial charge in [-0.2, -0.15) is 11.8 Å². The molecule has 0 aliphatic carbocycles. The highest BCUT2D eigenvalue weighted by molar-refractivity contribution is 9.10. The van der Waals surface area contributed by atoms with E-state index in [9.17, 15) is 12.8 Å². The number of nitrogens with one attached hydrogen (secondary N) is 1. The van der Waals surface area contributed by atoms with Crippen molar-refractivity contribution in [2.45, 2.75) is 18.4 Å². The minimum absolute atomic E-state index is 0.0589. The number of hydrogen-bond donors (Lipinski definition) is 2. The van der Waals surface area contributed by atoms with Gasteiger partial charge < -0.3 is 5.73 Å². The van der Waals surface area contributed by atoms with Crippen LogP contribution in [0.25, 0.3) is 0 Å². The first kappa shape index (κ1) is 17.9. The van der Waals surface area contributed by atoms with Crippen molar-refractivity contribution in [3.05, 3.63) is 28.0 Å². The summed E-state index contributed by atoms with van der Waals surface area (Å²) in [5.74, 6) is 0.210. The molecule has 0 aromatic heterocycles. The van der Waals surface area contributed by atoms with E-state index in [1.807, 2.05) is 13.2 Å². The topological polar surface area (TPSA) is 72.2 Å². The second kappa shape index (κ2) is 7.74. The molecule has 0 saturated carbocycles. The number of thioether (sulfide) groups is 1. The molecule has 0 heterocycles. The summed E-state index contributed by atoms with van der Waals surface area (Å²) in [7, 11) is -3.88. The van der Waals surface area contributed by atoms with Crippen molar-refractivity contribution in [1.82, 2.24) is 4.72 Å². The maximum Gasteiger partial charge on any atom is 0.243 e. The van der Waals surface area contributed by atoms with Gasteiger partial charge in [0.25, 0.3) is 0 Å². The summed E-state index contributed by atoms with van der Waals surface area (Å²) in [6.45, 7) is 2.14. The Hall–Kier alpha value is -0.150. The molecule has 3 N–H and O–H groups in total. The zero-order chi connectivity index (χ0) is 15.3. The third-order valence-corrected chi connectivity index (χ3v) is 5.44. The van der Waals surface area contributed by atoms with E-state index in [1.54, 1.807) is 11.8 Å². The normalized spacial score (nSPS) is 13.4. The molecule has 1 rings (SSSR count). The van der Waals surface area contributed by atoms with Crippen molar-refractivity contribution in [2.24, 2.45) is 11.7 Å². The summed E-state index contributed by atoms with van der Waals surface area (Å²) in [6.07, 6.45) is 1.95. The summed E-state index contributed by atoms with van der Waals surface area (Å²) in [5, 5.41) is 0. The van der Waals surface area contributed by atoms with Crippen LogP contribution in [0.2, 0.25) is 0 Å². The molecule has 4 nitrogen and oxygen atoms in total. The SMILES string of the molecule is CSCC(C)CNS(=O)(=O)c1cc(Br)cc(CN)c1F. The number of rotatable bonds is 7. The third-order valence-electron chi connectivity index (χ3n) is 2.66. The van der Waals surface area contributed by atoms with Crippen LogP contribution in [-0.4, -0.2) is 27.0 Å². The van der Waals surface area contributed by atoms with Gasteiger partial charge in [-0.15, -0.1) is 0 Å². The molecule has 0 aliphatic heterocycles. The Labute approximate surface area is 131 Å². The average Bonchev–Trinajstić information content (AvgIpc) is 2.39. The lowest BCUT2D eigenvalue weighted by Crippen LogP contribution is -2.30. The van der Waals surface area contributed by atoms with Crippen LogP contribution in [0.3, 0.4) is 0 Å². The zero-order valence-electron chi connectivity index (χ0n) is 11.3. The van der Waals surface area contributed by atoms with Crippen LogP contribution < -0.4 is 10.5 Å². The minimum atomic E-state index is -3.88. The number of halogens is 2. The molecule has 1 aromatic rings. The van der Waals surface area contributed by atoms with Gasteiger partial charge in [0.05, 0.1) is 0 Å². The Morgan fingerprint density at radius 1 is 1.50 bits per heavy atom. The summed E-state index contributed by atoms with van der Waals surface area (Å²) in [5.41, 5.74) is 5.58. The highest BCUT2D eigenvalue weighted by Gasteiger charge is 2.22. The fraction of sp³-hybridized carbons (Fsp3) is 0.500. The van der Waals surface area contributed by atoms with Crippen LogP contribution in [0.15, 0.2) is 21.5 Å². The lowest BCUT2D eigenvalue weighted by atomic mass is 10.2. The van der Waals surface area contributed by atoms with Gasteiger partial charge >= 0.3 is 0 Å². The standard InChI is InChI=1S/C12H18BrFN2O2S2/c1-8(7-19-2)6-16-20(17,18)11-4-10(13)3-9(5-15)12(11)14/h3-4,8,16H,5-7,15H2,1-2H3. The Morgan fingerprint density at radius 2 is 2.15 bits per heavy atom. The van der Waals surface area contributed by atoms with E-state index in [4.69, 9.17) is 5.73 Å². The fourth-order valence-electron chi connectivity index (χ4n) is 1.64. The molecule has 1 unspecified atom stereocenters. The quantitative estimate of drug-likeness (QED) is 0.756. The van der Waals surface area contributed by atoms with E-state index in [0.29, 0.717) is 4.47 Å². The first-order chi connectivity index (χ1) is 9.31. The second-order valence-corrected chi connectivity index (χ2v) is 8.06. The molecule has 0 bridgehead atoms. The zero-order valence-corrected chi connectivity index (χ0v) is 14.5. The predicted octanol–water partition coefficient (Wildman–Crippen LogP) is 2.32. The minimum Gasteiger partial charge on any atom is -0.326 e. The molecular formula is C12H18BrFN2O2S2. The lowest BCUT2D eigenvalue weighted by Gasteiger charge is -2.13. The Balaban J connectivity index is 3.01.